The van der Waals surface area contributed by atoms with E-state index in [4.69, 9.17) is 14.9 Å². The van der Waals surface area contributed by atoms with E-state index >= 15 is 0 Å². The third-order valence-electron chi connectivity index (χ3n) is 3.91. The van der Waals surface area contributed by atoms with Crippen LogP contribution < -0.4 is 0 Å². The summed E-state index contributed by atoms with van der Waals surface area (Å²) in [5.74, 6) is -1.23. The Kier molecular flexibility index (Phi) is 7.09. The normalized spacial score (nSPS) is 29.4. The zero-order valence-electron chi connectivity index (χ0n) is 13.2. The standard InChI is InChI=1S/C16H20O8Se/c17-7-11-12(19)13(20)14(21)16(24-11)25-6-5-10(18)8-1-3-9(4-2-8)15(22)23/h1-4,11-14,16-17,19-21H,5-7H2,(H,22,23). The molecule has 1 aromatic carbocycles. The van der Waals surface area contributed by atoms with Crippen LogP contribution in [0.15, 0.2) is 24.3 Å². The molecule has 1 aromatic rings. The van der Waals surface area contributed by atoms with Crippen LogP contribution >= 0.6 is 0 Å². The van der Waals surface area contributed by atoms with Crippen LogP contribution in [0.25, 0.3) is 0 Å². The fourth-order valence-electron chi connectivity index (χ4n) is 2.42. The van der Waals surface area contributed by atoms with Gasteiger partial charge in [0.1, 0.15) is 0 Å². The maximum atomic E-state index is 12.1. The van der Waals surface area contributed by atoms with Gasteiger partial charge in [-0.3, -0.25) is 0 Å². The number of hydrogen-bond donors (Lipinski definition) is 5. The van der Waals surface area contributed by atoms with Gasteiger partial charge in [0.25, 0.3) is 0 Å². The molecule has 25 heavy (non-hydrogen) atoms. The molecule has 1 fully saturated rings. The van der Waals surface area contributed by atoms with Crippen molar-refractivity contribution in [3.8, 4) is 0 Å². The van der Waals surface area contributed by atoms with Gasteiger partial charge in [-0.1, -0.05) is 0 Å². The molecule has 0 aromatic heterocycles. The average Bonchev–Trinajstić information content (AvgIpc) is 2.61. The van der Waals surface area contributed by atoms with Gasteiger partial charge in [0.15, 0.2) is 0 Å². The zero-order valence-corrected chi connectivity index (χ0v) is 14.9. The molecule has 5 unspecified atom stereocenters. The van der Waals surface area contributed by atoms with Crippen LogP contribution in [-0.4, -0.2) is 88.3 Å². The Labute approximate surface area is 150 Å². The van der Waals surface area contributed by atoms with E-state index < -0.39 is 42.0 Å². The Morgan fingerprint density at radius 3 is 2.16 bits per heavy atom. The minimum atomic E-state index is -1.41. The van der Waals surface area contributed by atoms with Gasteiger partial charge in [-0.25, -0.2) is 0 Å². The fourth-order valence-corrected chi connectivity index (χ4v) is 4.76. The number of rotatable bonds is 7. The van der Waals surface area contributed by atoms with Crippen LogP contribution in [0.5, 0.6) is 0 Å². The molecule has 0 radical (unpaired) electrons. The van der Waals surface area contributed by atoms with Crippen molar-refractivity contribution in [1.29, 1.82) is 0 Å². The number of hydrogen-bond acceptors (Lipinski definition) is 7. The van der Waals surface area contributed by atoms with Gasteiger partial charge >= 0.3 is 150 Å². The van der Waals surface area contributed by atoms with E-state index in [9.17, 15) is 24.9 Å². The van der Waals surface area contributed by atoms with Gasteiger partial charge in [0.05, 0.1) is 0 Å². The summed E-state index contributed by atoms with van der Waals surface area (Å²) in [5, 5.41) is 47.1. The van der Waals surface area contributed by atoms with E-state index in [0.717, 1.165) is 0 Å². The molecule has 0 bridgehead atoms. The van der Waals surface area contributed by atoms with Crippen LogP contribution in [0, 0.1) is 0 Å². The van der Waals surface area contributed by atoms with Crippen molar-refractivity contribution in [1.82, 2.24) is 0 Å². The number of carbonyl (C=O) groups excluding carboxylic acids is 1. The summed E-state index contributed by atoms with van der Waals surface area (Å²) in [6, 6.07) is 5.62. The van der Waals surface area contributed by atoms with Crippen LogP contribution in [-0.2, 0) is 4.74 Å². The van der Waals surface area contributed by atoms with Crippen molar-refractivity contribution in [3.05, 3.63) is 35.4 Å². The number of aliphatic hydroxyl groups excluding tert-OH is 4. The van der Waals surface area contributed by atoms with Crippen LogP contribution in [0.4, 0.5) is 0 Å². The molecule has 1 aliphatic rings. The first-order chi connectivity index (χ1) is 11.8. The summed E-state index contributed by atoms with van der Waals surface area (Å²) in [4.78, 5) is 22.9. The Morgan fingerprint density at radius 1 is 1.00 bits per heavy atom. The first-order valence-corrected chi connectivity index (χ1v) is 9.84. The average molecular weight is 419 g/mol. The molecule has 0 spiro atoms. The molecular formula is C16H20O8Se. The van der Waals surface area contributed by atoms with Crippen LogP contribution in [0.1, 0.15) is 27.1 Å². The molecule has 8 nitrogen and oxygen atoms in total. The topological polar surface area (TPSA) is 145 Å². The van der Waals surface area contributed by atoms with Crippen molar-refractivity contribution >= 4 is 26.7 Å². The summed E-state index contributed by atoms with van der Waals surface area (Å²) in [6.07, 6.45) is -4.83. The molecule has 1 saturated heterocycles. The molecule has 0 aliphatic carbocycles. The second kappa shape index (κ2) is 8.86. The molecule has 0 amide bonds. The predicted molar refractivity (Wildman–Crippen MR) is 86.7 cm³/mol. The van der Waals surface area contributed by atoms with E-state index in [1.54, 1.807) is 0 Å². The second-order valence-electron chi connectivity index (χ2n) is 5.62. The molecule has 5 N–H and O–H groups in total. The number of Topliss-reactive ketones (excluding diaryl/α,β-unsaturated/α-hetero) is 1. The molecular weight excluding hydrogens is 399 g/mol. The fraction of sp³-hybridized carbons (Fsp3) is 0.500. The van der Waals surface area contributed by atoms with E-state index in [1.807, 2.05) is 0 Å². The number of carboxylic acids is 1. The van der Waals surface area contributed by atoms with E-state index in [-0.39, 0.29) is 32.7 Å². The number of ether oxygens (including phenoxy) is 1. The first-order valence-electron chi connectivity index (χ1n) is 7.63. The molecule has 138 valence electrons. The van der Waals surface area contributed by atoms with Gasteiger partial charge in [-0.05, 0) is 0 Å². The van der Waals surface area contributed by atoms with Gasteiger partial charge in [0.2, 0.25) is 0 Å². The van der Waals surface area contributed by atoms with Crippen LogP contribution in [0.2, 0.25) is 5.32 Å². The molecule has 1 aliphatic heterocycles. The van der Waals surface area contributed by atoms with Crippen molar-refractivity contribution in [2.75, 3.05) is 6.61 Å². The van der Waals surface area contributed by atoms with Crippen molar-refractivity contribution in [2.24, 2.45) is 0 Å². The summed E-state index contributed by atoms with van der Waals surface area (Å²) < 4.78 is 5.40. The summed E-state index contributed by atoms with van der Waals surface area (Å²) in [7, 11) is 0. The zero-order chi connectivity index (χ0) is 18.6. The van der Waals surface area contributed by atoms with Crippen LogP contribution in [0.3, 0.4) is 0 Å². The predicted octanol–water partition coefficient (Wildman–Crippen LogP) is -1.12. The molecule has 9 heteroatoms. The number of aliphatic hydroxyl groups is 4. The number of aromatic carboxylic acids is 1. The Hall–Kier alpha value is -1.32. The minimum absolute atomic E-state index is 0.0992. The Bertz CT molecular complexity index is 603. The van der Waals surface area contributed by atoms with Gasteiger partial charge in [-0.15, -0.1) is 0 Å². The van der Waals surface area contributed by atoms with E-state index in [0.29, 0.717) is 10.9 Å². The molecule has 5 atom stereocenters. The number of benzene rings is 1. The van der Waals surface area contributed by atoms with Crippen molar-refractivity contribution in [2.45, 2.75) is 41.2 Å². The van der Waals surface area contributed by atoms with Crippen molar-refractivity contribution < 1.29 is 39.9 Å². The third kappa shape index (κ3) is 4.86. The molecule has 1 heterocycles. The third-order valence-corrected chi connectivity index (χ3v) is 6.34. The van der Waals surface area contributed by atoms with Gasteiger partial charge in [-0.2, -0.15) is 0 Å². The Morgan fingerprint density at radius 2 is 1.60 bits per heavy atom. The van der Waals surface area contributed by atoms with E-state index in [1.165, 1.54) is 24.3 Å². The SMILES string of the molecule is O=C(O)c1ccc(C(=O)CC[Se]C2OC(CO)C(O)C(O)C2O)cc1. The number of ketones is 1. The monoisotopic (exact) mass is 420 g/mol. The van der Waals surface area contributed by atoms with E-state index in [2.05, 4.69) is 0 Å². The molecule has 2 rings (SSSR count). The first kappa shape index (κ1) is 20.0. The van der Waals surface area contributed by atoms with Gasteiger partial charge in [0, 0.05) is 0 Å². The second-order valence-corrected chi connectivity index (χ2v) is 8.15. The molecule has 0 saturated carbocycles. The maximum absolute atomic E-state index is 12.1. The number of carboxylic acid groups (broad SMARTS) is 1. The number of carbonyl (C=O) groups is 2. The summed E-state index contributed by atoms with van der Waals surface area (Å²) >= 11 is -0.357. The quantitative estimate of drug-likeness (QED) is 0.276. The van der Waals surface area contributed by atoms with Gasteiger partial charge < -0.3 is 0 Å². The Balaban J connectivity index is 1.87. The van der Waals surface area contributed by atoms with Crippen molar-refractivity contribution in [3.63, 3.8) is 0 Å². The summed E-state index contributed by atoms with van der Waals surface area (Å²) in [5.41, 5.74) is 0.497. The summed E-state index contributed by atoms with van der Waals surface area (Å²) in [6.45, 7) is -0.480.